The molecule has 290 valence electrons. The molecular weight excluding hydrogens is 719 g/mol. The normalized spacial score (nSPS) is 14.4. The number of carbonyl (C=O) groups excluding carboxylic acids is 3. The van der Waals surface area contributed by atoms with E-state index >= 15 is 0 Å². The van der Waals surface area contributed by atoms with Crippen LogP contribution in [0.15, 0.2) is 94.8 Å². The molecule has 55 heavy (non-hydrogen) atoms. The Morgan fingerprint density at radius 3 is 2.11 bits per heavy atom. The molecule has 1 fully saturated rings. The summed E-state index contributed by atoms with van der Waals surface area (Å²) in [5, 5.41) is 0. The minimum atomic E-state index is -0.675. The molecule has 0 aromatic heterocycles. The fraction of sp³-hybridized carbons (Fsp3) is 0.364. The van der Waals surface area contributed by atoms with Crippen molar-refractivity contribution >= 4 is 35.9 Å². The molecule has 0 N–H and O–H groups in total. The van der Waals surface area contributed by atoms with Gasteiger partial charge < -0.3 is 28.4 Å². The molecule has 1 atom stereocenters. The first-order valence-electron chi connectivity index (χ1n) is 18.7. The third-order valence-electron chi connectivity index (χ3n) is 8.41. The van der Waals surface area contributed by atoms with Gasteiger partial charge in [0.1, 0.15) is 17.1 Å². The molecule has 0 spiro atoms. The lowest BCUT2D eigenvalue weighted by molar-refractivity contribution is -0.132. The van der Waals surface area contributed by atoms with Gasteiger partial charge in [-0.05, 0) is 116 Å². The van der Waals surface area contributed by atoms with Crippen molar-refractivity contribution in [2.75, 3.05) is 25.5 Å². The van der Waals surface area contributed by atoms with Crippen LogP contribution in [0.2, 0.25) is 0 Å². The van der Waals surface area contributed by atoms with Gasteiger partial charge in [-0.3, -0.25) is 9.79 Å². The second kappa shape index (κ2) is 20.1. The van der Waals surface area contributed by atoms with Crippen molar-refractivity contribution in [3.8, 4) is 34.1 Å². The van der Waals surface area contributed by atoms with Crippen molar-refractivity contribution in [1.29, 1.82) is 0 Å². The van der Waals surface area contributed by atoms with Gasteiger partial charge >= 0.3 is 17.9 Å². The smallest absolute Gasteiger partial charge is 0.343 e. The predicted molar refractivity (Wildman–Crippen MR) is 214 cm³/mol. The molecule has 0 bridgehead atoms. The molecule has 0 aliphatic carbocycles. The zero-order valence-corrected chi connectivity index (χ0v) is 32.9. The number of rotatable bonds is 20. The molecular formula is C44H49NO9S. The van der Waals surface area contributed by atoms with Crippen LogP contribution in [0.5, 0.6) is 23.0 Å². The van der Waals surface area contributed by atoms with Crippen LogP contribution in [0.1, 0.15) is 93.0 Å². The second-order valence-electron chi connectivity index (χ2n) is 13.6. The Labute approximate surface area is 327 Å². The lowest BCUT2D eigenvalue weighted by Gasteiger charge is -2.12. The Bertz CT molecular complexity index is 1940. The standard InChI is InChI=1S/C44H49NO9S/c1-6-8-9-24-55-38-26-31(29-45-21-7-2)25-35(27-38)32-11-13-33(14-12-32)41(47)52-37-19-20-39(40(28-37)51-30(3)46)53-42(48)34-15-17-36(18-16-34)49-22-10-23-50-43-44(4,5)54-43/h11-20,25-29,43H,6-10,21-24H2,1-5H3. The number of nitrogens with zero attached hydrogens (tertiary/aromatic N) is 1. The summed E-state index contributed by atoms with van der Waals surface area (Å²) in [5.74, 6) is -0.266. The second-order valence-corrected chi connectivity index (χ2v) is 14.8. The maximum atomic E-state index is 13.2. The molecule has 1 heterocycles. The number of aliphatic imine (C=N–C) groups is 1. The molecule has 4 aromatic carbocycles. The van der Waals surface area contributed by atoms with E-state index in [-0.39, 0.29) is 34.7 Å². The van der Waals surface area contributed by atoms with Crippen LogP contribution in [0, 0.1) is 0 Å². The highest BCUT2D eigenvalue weighted by atomic mass is 32.2. The monoisotopic (exact) mass is 767 g/mol. The van der Waals surface area contributed by atoms with Gasteiger partial charge in [0.2, 0.25) is 0 Å². The van der Waals surface area contributed by atoms with E-state index in [1.54, 1.807) is 36.4 Å². The minimum Gasteiger partial charge on any atom is -0.494 e. The topological polar surface area (TPSA) is 122 Å². The van der Waals surface area contributed by atoms with Gasteiger partial charge in [-0.1, -0.05) is 38.8 Å². The molecule has 1 aliphatic heterocycles. The number of hydrogen-bond donors (Lipinski definition) is 0. The van der Waals surface area contributed by atoms with E-state index in [0.29, 0.717) is 30.9 Å². The summed E-state index contributed by atoms with van der Waals surface area (Å²) in [6.07, 6.45) is 6.96. The van der Waals surface area contributed by atoms with Crippen LogP contribution in [0.4, 0.5) is 0 Å². The lowest BCUT2D eigenvalue weighted by Crippen LogP contribution is -2.12. The fourth-order valence-electron chi connectivity index (χ4n) is 5.39. The molecule has 1 aliphatic rings. The Morgan fingerprint density at radius 2 is 1.44 bits per heavy atom. The van der Waals surface area contributed by atoms with Gasteiger partial charge in [0.15, 0.2) is 17.8 Å². The Kier molecular flexibility index (Phi) is 15.1. The SMILES string of the molecule is CCCCCSc1cc(C=NCCC)cc(-c2ccc(C(=O)Oc3ccc(OC(=O)c4ccc(OCCCOC5OC5(C)C)cc4)c(OC(C)=O)c3)cc2)c1. The molecule has 1 unspecified atom stereocenters. The summed E-state index contributed by atoms with van der Waals surface area (Å²) in [6, 6.07) is 24.3. The fourth-order valence-corrected chi connectivity index (χ4v) is 6.40. The van der Waals surface area contributed by atoms with E-state index in [1.165, 1.54) is 42.9 Å². The molecule has 0 saturated carbocycles. The van der Waals surface area contributed by atoms with Crippen LogP contribution in [-0.4, -0.2) is 61.5 Å². The van der Waals surface area contributed by atoms with Crippen molar-refractivity contribution < 1.29 is 42.8 Å². The number of hydrogen-bond acceptors (Lipinski definition) is 11. The molecule has 4 aromatic rings. The largest absolute Gasteiger partial charge is 0.494 e. The third kappa shape index (κ3) is 12.8. The van der Waals surface area contributed by atoms with E-state index < -0.39 is 17.9 Å². The maximum Gasteiger partial charge on any atom is 0.343 e. The van der Waals surface area contributed by atoms with Crippen LogP contribution >= 0.6 is 11.8 Å². The Morgan fingerprint density at radius 1 is 0.745 bits per heavy atom. The van der Waals surface area contributed by atoms with Crippen molar-refractivity contribution in [3.05, 3.63) is 102 Å². The van der Waals surface area contributed by atoms with E-state index in [1.807, 2.05) is 44.0 Å². The van der Waals surface area contributed by atoms with Crippen molar-refractivity contribution in [1.82, 2.24) is 0 Å². The molecule has 11 heteroatoms. The third-order valence-corrected chi connectivity index (χ3v) is 9.47. The summed E-state index contributed by atoms with van der Waals surface area (Å²) < 4.78 is 33.3. The summed E-state index contributed by atoms with van der Waals surface area (Å²) in [6.45, 7) is 11.2. The van der Waals surface area contributed by atoms with E-state index in [4.69, 9.17) is 28.4 Å². The van der Waals surface area contributed by atoms with E-state index in [9.17, 15) is 14.4 Å². The zero-order chi connectivity index (χ0) is 39.2. The first kappa shape index (κ1) is 41.2. The number of ether oxygens (including phenoxy) is 6. The molecule has 0 radical (unpaired) electrons. The van der Waals surface area contributed by atoms with Gasteiger partial charge in [0, 0.05) is 37.1 Å². The average Bonchev–Trinajstić information content (AvgIpc) is 3.79. The van der Waals surface area contributed by atoms with Gasteiger partial charge in [0.25, 0.3) is 0 Å². The summed E-state index contributed by atoms with van der Waals surface area (Å²) in [7, 11) is 0. The summed E-state index contributed by atoms with van der Waals surface area (Å²) >= 11 is 1.84. The highest BCUT2D eigenvalue weighted by molar-refractivity contribution is 7.99. The number of epoxide rings is 1. The quantitative estimate of drug-likeness (QED) is 0.0215. The van der Waals surface area contributed by atoms with Crippen LogP contribution in [-0.2, 0) is 14.3 Å². The van der Waals surface area contributed by atoms with Crippen LogP contribution < -0.4 is 18.9 Å². The highest BCUT2D eigenvalue weighted by Gasteiger charge is 2.49. The summed E-state index contributed by atoms with van der Waals surface area (Å²) in [5.41, 5.74) is 3.40. The van der Waals surface area contributed by atoms with E-state index in [0.717, 1.165) is 41.8 Å². The van der Waals surface area contributed by atoms with Gasteiger partial charge in [-0.15, -0.1) is 11.8 Å². The van der Waals surface area contributed by atoms with Gasteiger partial charge in [-0.25, -0.2) is 9.59 Å². The lowest BCUT2D eigenvalue weighted by atomic mass is 10.0. The number of carbonyl (C=O) groups is 3. The first-order valence-corrected chi connectivity index (χ1v) is 19.7. The molecule has 10 nitrogen and oxygen atoms in total. The molecule has 0 amide bonds. The molecule has 5 rings (SSSR count). The van der Waals surface area contributed by atoms with Gasteiger partial charge in [-0.2, -0.15) is 0 Å². The van der Waals surface area contributed by atoms with Gasteiger partial charge in [0.05, 0.1) is 24.3 Å². The number of unbranched alkanes of at least 4 members (excludes halogenated alkanes) is 2. The maximum absolute atomic E-state index is 13.2. The Balaban J connectivity index is 1.19. The van der Waals surface area contributed by atoms with Crippen LogP contribution in [0.3, 0.4) is 0 Å². The van der Waals surface area contributed by atoms with E-state index in [2.05, 4.69) is 37.0 Å². The molecule has 1 saturated heterocycles. The predicted octanol–water partition coefficient (Wildman–Crippen LogP) is 9.75. The average molecular weight is 768 g/mol. The number of thioether (sulfide) groups is 1. The minimum absolute atomic E-state index is 0.0163. The Hall–Kier alpha value is -4.97. The van der Waals surface area contributed by atoms with Crippen LogP contribution in [0.25, 0.3) is 11.1 Å². The van der Waals surface area contributed by atoms with Crippen molar-refractivity contribution in [2.45, 2.75) is 83.5 Å². The number of esters is 3. The zero-order valence-electron chi connectivity index (χ0n) is 32.1. The highest BCUT2D eigenvalue weighted by Crippen LogP contribution is 2.36. The van der Waals surface area contributed by atoms with Crippen molar-refractivity contribution in [2.24, 2.45) is 4.99 Å². The summed E-state index contributed by atoms with van der Waals surface area (Å²) in [4.78, 5) is 43.9. The first-order chi connectivity index (χ1) is 26.5. The van der Waals surface area contributed by atoms with Crippen molar-refractivity contribution in [3.63, 3.8) is 0 Å². The number of benzene rings is 4.